The van der Waals surface area contributed by atoms with Gasteiger partial charge in [0.25, 0.3) is 5.56 Å². The van der Waals surface area contributed by atoms with Crippen LogP contribution in [0.3, 0.4) is 0 Å². The number of carbonyl (C=O) groups is 2. The number of nitrogens with one attached hydrogen (secondary N) is 2. The first-order valence-electron chi connectivity index (χ1n) is 9.47. The molecule has 1 aromatic heterocycles. The predicted octanol–water partition coefficient (Wildman–Crippen LogP) is 2.97. The topological polar surface area (TPSA) is 100 Å². The van der Waals surface area contributed by atoms with Crippen molar-refractivity contribution < 1.29 is 14.7 Å². The number of aryl methyl sites for hydroxylation is 1. The number of carboxylic acids is 1. The fourth-order valence-electron chi connectivity index (χ4n) is 3.48. The number of anilines is 1. The number of hydrogen-bond donors (Lipinski definition) is 3. The minimum Gasteiger partial charge on any atom is -0.481 e. The lowest BCUT2D eigenvalue weighted by Gasteiger charge is -2.26. The summed E-state index contributed by atoms with van der Waals surface area (Å²) >= 11 is 0. The third-order valence-electron chi connectivity index (χ3n) is 5.15. The van der Waals surface area contributed by atoms with E-state index in [1.54, 1.807) is 22.9 Å². The number of nitrogens with zero attached hydrogens (tertiary/aromatic N) is 1. The van der Waals surface area contributed by atoms with Gasteiger partial charge in [0.15, 0.2) is 0 Å². The Labute approximate surface area is 163 Å². The number of amides is 2. The Kier molecular flexibility index (Phi) is 6.13. The molecule has 1 saturated carbocycles. The number of benzene rings is 1. The van der Waals surface area contributed by atoms with Crippen LogP contribution in [0.2, 0.25) is 0 Å². The first-order valence-corrected chi connectivity index (χ1v) is 9.47. The fourth-order valence-corrected chi connectivity index (χ4v) is 3.48. The van der Waals surface area contributed by atoms with Crippen LogP contribution in [-0.4, -0.2) is 27.7 Å². The van der Waals surface area contributed by atoms with E-state index in [-0.39, 0.29) is 23.2 Å². The smallest absolute Gasteiger partial charge is 0.319 e. The third-order valence-corrected chi connectivity index (χ3v) is 5.15. The molecule has 1 aliphatic rings. The molecule has 3 N–H and O–H groups in total. The molecule has 1 fully saturated rings. The van der Waals surface area contributed by atoms with Crippen molar-refractivity contribution >= 4 is 17.7 Å². The predicted molar refractivity (Wildman–Crippen MR) is 107 cm³/mol. The van der Waals surface area contributed by atoms with Gasteiger partial charge in [-0.15, -0.1) is 0 Å². The molecule has 7 nitrogen and oxygen atoms in total. The summed E-state index contributed by atoms with van der Waals surface area (Å²) < 4.78 is 1.55. The van der Waals surface area contributed by atoms with Gasteiger partial charge >= 0.3 is 12.0 Å². The van der Waals surface area contributed by atoms with Crippen molar-refractivity contribution in [2.45, 2.75) is 45.2 Å². The van der Waals surface area contributed by atoms with E-state index in [0.717, 1.165) is 11.1 Å². The number of aromatic nitrogens is 1. The van der Waals surface area contributed by atoms with E-state index >= 15 is 0 Å². The summed E-state index contributed by atoms with van der Waals surface area (Å²) in [6.45, 7) is 2.43. The lowest BCUT2D eigenvalue weighted by Crippen LogP contribution is -2.42. The Morgan fingerprint density at radius 2 is 1.79 bits per heavy atom. The van der Waals surface area contributed by atoms with Gasteiger partial charge in [-0.2, -0.15) is 0 Å². The zero-order chi connectivity index (χ0) is 20.1. The molecule has 3 rings (SSSR count). The van der Waals surface area contributed by atoms with E-state index in [0.29, 0.717) is 32.2 Å². The highest BCUT2D eigenvalue weighted by Gasteiger charge is 2.26. The van der Waals surface area contributed by atoms with Crippen LogP contribution < -0.4 is 16.2 Å². The van der Waals surface area contributed by atoms with Crippen molar-refractivity contribution in [1.82, 2.24) is 9.88 Å². The number of carbonyl (C=O) groups excluding carboxylic acids is 1. The zero-order valence-electron chi connectivity index (χ0n) is 15.9. The minimum absolute atomic E-state index is 0.0749. The molecule has 0 saturated heterocycles. The Morgan fingerprint density at radius 3 is 2.43 bits per heavy atom. The maximum Gasteiger partial charge on any atom is 0.319 e. The lowest BCUT2D eigenvalue weighted by molar-refractivity contribution is -0.142. The van der Waals surface area contributed by atoms with E-state index < -0.39 is 12.0 Å². The summed E-state index contributed by atoms with van der Waals surface area (Å²) in [4.78, 5) is 35.9. The van der Waals surface area contributed by atoms with Crippen LogP contribution in [0, 0.1) is 12.8 Å². The summed E-state index contributed by atoms with van der Waals surface area (Å²) in [5.74, 6) is -1.11. The second-order valence-corrected chi connectivity index (χ2v) is 7.33. The van der Waals surface area contributed by atoms with Gasteiger partial charge in [0.1, 0.15) is 5.69 Å². The molecule has 2 aromatic rings. The van der Waals surface area contributed by atoms with Crippen molar-refractivity contribution in [3.63, 3.8) is 0 Å². The molecule has 7 heteroatoms. The summed E-state index contributed by atoms with van der Waals surface area (Å²) in [6.07, 6.45) is 4.04. The number of aliphatic carboxylic acids is 1. The molecule has 0 spiro atoms. The largest absolute Gasteiger partial charge is 0.481 e. The molecule has 2 amide bonds. The van der Waals surface area contributed by atoms with E-state index in [2.05, 4.69) is 10.6 Å². The van der Waals surface area contributed by atoms with Crippen LogP contribution in [0.15, 0.2) is 47.4 Å². The van der Waals surface area contributed by atoms with Gasteiger partial charge in [0.05, 0.1) is 12.5 Å². The van der Waals surface area contributed by atoms with Gasteiger partial charge in [0, 0.05) is 12.2 Å². The van der Waals surface area contributed by atoms with E-state index in [9.17, 15) is 14.4 Å². The molecule has 148 valence electrons. The van der Waals surface area contributed by atoms with Gasteiger partial charge in [-0.05, 0) is 50.3 Å². The second kappa shape index (κ2) is 8.73. The summed E-state index contributed by atoms with van der Waals surface area (Å²) in [5, 5.41) is 14.5. The first-order chi connectivity index (χ1) is 13.4. The highest BCUT2D eigenvalue weighted by Crippen LogP contribution is 2.24. The second-order valence-electron chi connectivity index (χ2n) is 7.33. The van der Waals surface area contributed by atoms with Gasteiger partial charge in [-0.3, -0.25) is 9.59 Å². The quantitative estimate of drug-likeness (QED) is 0.739. The average Bonchev–Trinajstić information content (AvgIpc) is 2.67. The molecule has 1 aliphatic carbocycles. The van der Waals surface area contributed by atoms with Gasteiger partial charge in [-0.25, -0.2) is 4.79 Å². The minimum atomic E-state index is -0.777. The first kappa shape index (κ1) is 19.7. The number of hydrogen-bond acceptors (Lipinski definition) is 3. The van der Waals surface area contributed by atoms with E-state index in [4.69, 9.17) is 5.11 Å². The highest BCUT2D eigenvalue weighted by molar-refractivity contribution is 5.89. The summed E-state index contributed by atoms with van der Waals surface area (Å²) in [7, 11) is 0. The molecular formula is C21H25N3O4. The van der Waals surface area contributed by atoms with Gasteiger partial charge < -0.3 is 20.3 Å². The number of carboxylic acid groups (broad SMARTS) is 1. The molecule has 1 heterocycles. The standard InChI is InChI=1S/C21H25N3O4/c1-14-4-6-15(7-5-14)13-24-12-2-3-18(19(24)25)23-21(28)22-17-10-8-16(9-11-17)20(26)27/h2-7,12,16-17H,8-11,13H2,1H3,(H,26,27)(H2,22,23,28). The van der Waals surface area contributed by atoms with Crippen LogP contribution in [0.1, 0.15) is 36.8 Å². The maximum absolute atomic E-state index is 12.6. The van der Waals surface area contributed by atoms with Crippen molar-refractivity contribution in [2.75, 3.05) is 5.32 Å². The molecule has 28 heavy (non-hydrogen) atoms. The molecule has 1 aromatic carbocycles. The van der Waals surface area contributed by atoms with Crippen LogP contribution in [0.5, 0.6) is 0 Å². The van der Waals surface area contributed by atoms with Gasteiger partial charge in [-0.1, -0.05) is 29.8 Å². The summed E-state index contributed by atoms with van der Waals surface area (Å²) in [5.41, 5.74) is 2.10. The maximum atomic E-state index is 12.6. The SMILES string of the molecule is Cc1ccc(Cn2cccc(NC(=O)NC3CCC(C(=O)O)CC3)c2=O)cc1. The molecule has 0 radical (unpaired) electrons. The van der Waals surface area contributed by atoms with Crippen LogP contribution >= 0.6 is 0 Å². The summed E-state index contributed by atoms with van der Waals surface area (Å²) in [6, 6.07) is 10.7. The Bertz CT molecular complexity index is 897. The van der Waals surface area contributed by atoms with E-state index in [1.165, 1.54) is 0 Å². The van der Waals surface area contributed by atoms with E-state index in [1.807, 2.05) is 31.2 Å². The van der Waals surface area contributed by atoms with Crippen LogP contribution in [-0.2, 0) is 11.3 Å². The molecule has 0 aliphatic heterocycles. The number of pyridine rings is 1. The molecule has 0 atom stereocenters. The number of urea groups is 1. The fraction of sp³-hybridized carbons (Fsp3) is 0.381. The van der Waals surface area contributed by atoms with Crippen LogP contribution in [0.25, 0.3) is 0 Å². The molecule has 0 bridgehead atoms. The Morgan fingerprint density at radius 1 is 1.11 bits per heavy atom. The molecular weight excluding hydrogens is 358 g/mol. The Hall–Kier alpha value is -3.09. The van der Waals surface area contributed by atoms with Crippen molar-refractivity contribution in [3.8, 4) is 0 Å². The Balaban J connectivity index is 1.60. The van der Waals surface area contributed by atoms with Gasteiger partial charge in [0.2, 0.25) is 0 Å². The molecule has 0 unspecified atom stereocenters. The third kappa shape index (κ3) is 5.00. The number of rotatable bonds is 5. The normalized spacial score (nSPS) is 19.0. The van der Waals surface area contributed by atoms with Crippen molar-refractivity contribution in [1.29, 1.82) is 0 Å². The zero-order valence-corrected chi connectivity index (χ0v) is 15.9. The monoisotopic (exact) mass is 383 g/mol. The lowest BCUT2D eigenvalue weighted by atomic mass is 9.86. The average molecular weight is 383 g/mol. The van der Waals surface area contributed by atoms with Crippen LogP contribution in [0.4, 0.5) is 10.5 Å². The highest BCUT2D eigenvalue weighted by atomic mass is 16.4. The van der Waals surface area contributed by atoms with Crippen molar-refractivity contribution in [3.05, 3.63) is 64.1 Å². The van der Waals surface area contributed by atoms with Crippen molar-refractivity contribution in [2.24, 2.45) is 5.92 Å².